The van der Waals surface area contributed by atoms with E-state index in [1.165, 1.54) is 6.07 Å². The first-order valence-electron chi connectivity index (χ1n) is 4.66. The van der Waals surface area contributed by atoms with Gasteiger partial charge in [0.15, 0.2) is 9.84 Å². The van der Waals surface area contributed by atoms with Gasteiger partial charge in [-0.15, -0.1) is 0 Å². The molecule has 1 aromatic carbocycles. The summed E-state index contributed by atoms with van der Waals surface area (Å²) in [4.78, 5) is 0.187. The average molecular weight is 248 g/mol. The molecule has 0 heterocycles. The summed E-state index contributed by atoms with van der Waals surface area (Å²) < 4.78 is 23.6. The van der Waals surface area contributed by atoms with Crippen molar-refractivity contribution in [1.82, 2.24) is 0 Å². The summed E-state index contributed by atoms with van der Waals surface area (Å²) in [6.07, 6.45) is 0.438. The van der Waals surface area contributed by atoms with Crippen molar-refractivity contribution in [3.05, 3.63) is 29.3 Å². The van der Waals surface area contributed by atoms with Gasteiger partial charge < -0.3 is 5.73 Å². The van der Waals surface area contributed by atoms with Crippen LogP contribution in [0.4, 0.5) is 0 Å². The van der Waals surface area contributed by atoms with E-state index in [9.17, 15) is 8.42 Å². The summed E-state index contributed by atoms with van der Waals surface area (Å²) in [5.41, 5.74) is 5.52. The lowest BCUT2D eigenvalue weighted by Crippen LogP contribution is -2.20. The maximum Gasteiger partial charge on any atom is 0.179 e. The maximum absolute atomic E-state index is 11.8. The van der Waals surface area contributed by atoms with Gasteiger partial charge in [-0.05, 0) is 25.5 Å². The molecule has 0 aliphatic heterocycles. The van der Waals surface area contributed by atoms with E-state index in [-0.39, 0.29) is 21.7 Å². The van der Waals surface area contributed by atoms with Crippen molar-refractivity contribution < 1.29 is 8.42 Å². The molecule has 84 valence electrons. The first-order chi connectivity index (χ1) is 6.93. The summed E-state index contributed by atoms with van der Waals surface area (Å²) in [5, 5.41) is 0.266. The summed E-state index contributed by atoms with van der Waals surface area (Å²) in [7, 11) is -3.30. The van der Waals surface area contributed by atoms with Crippen molar-refractivity contribution >= 4 is 21.4 Å². The van der Waals surface area contributed by atoms with Crippen LogP contribution in [-0.4, -0.2) is 20.2 Å². The van der Waals surface area contributed by atoms with Gasteiger partial charge in [0.1, 0.15) is 0 Å². The molecule has 0 bridgehead atoms. The van der Waals surface area contributed by atoms with E-state index in [0.717, 1.165) is 0 Å². The molecule has 1 rings (SSSR count). The van der Waals surface area contributed by atoms with E-state index in [4.69, 9.17) is 17.3 Å². The van der Waals surface area contributed by atoms with Crippen LogP contribution in [0.5, 0.6) is 0 Å². The van der Waals surface area contributed by atoms with Crippen LogP contribution in [0.3, 0.4) is 0 Å². The minimum absolute atomic E-state index is 0.0361. The molecule has 0 radical (unpaired) electrons. The molecule has 1 atom stereocenters. The van der Waals surface area contributed by atoms with E-state index in [1.807, 2.05) is 0 Å². The van der Waals surface area contributed by atoms with Crippen molar-refractivity contribution in [3.63, 3.8) is 0 Å². The van der Waals surface area contributed by atoms with Crippen molar-refractivity contribution in [2.75, 3.05) is 5.75 Å². The lowest BCUT2D eigenvalue weighted by Gasteiger charge is -2.07. The molecule has 0 saturated carbocycles. The normalized spacial score (nSPS) is 13.8. The second-order valence-corrected chi connectivity index (χ2v) is 6.00. The Morgan fingerprint density at radius 2 is 2.00 bits per heavy atom. The van der Waals surface area contributed by atoms with E-state index < -0.39 is 9.84 Å². The summed E-state index contributed by atoms with van der Waals surface area (Å²) >= 11 is 5.81. The lowest BCUT2D eigenvalue weighted by molar-refractivity contribution is 0.587. The predicted molar refractivity (Wildman–Crippen MR) is 61.8 cm³/mol. The number of halogens is 1. The molecule has 1 aromatic rings. The molecule has 3 nitrogen and oxygen atoms in total. The van der Waals surface area contributed by atoms with Gasteiger partial charge in [0, 0.05) is 6.04 Å². The minimum atomic E-state index is -3.30. The zero-order chi connectivity index (χ0) is 11.5. The Bertz CT molecular complexity index is 429. The quantitative estimate of drug-likeness (QED) is 0.883. The van der Waals surface area contributed by atoms with E-state index in [2.05, 4.69) is 0 Å². The Morgan fingerprint density at radius 1 is 1.40 bits per heavy atom. The van der Waals surface area contributed by atoms with Crippen LogP contribution in [0, 0.1) is 0 Å². The van der Waals surface area contributed by atoms with Crippen LogP contribution in [0.2, 0.25) is 5.02 Å². The van der Waals surface area contributed by atoms with Gasteiger partial charge in [-0.1, -0.05) is 23.7 Å². The number of benzene rings is 1. The molecule has 0 saturated heterocycles. The number of rotatable bonds is 4. The highest BCUT2D eigenvalue weighted by Gasteiger charge is 2.17. The highest BCUT2D eigenvalue weighted by atomic mass is 35.5. The molecule has 0 aromatic heterocycles. The smallest absolute Gasteiger partial charge is 0.179 e. The van der Waals surface area contributed by atoms with Crippen LogP contribution in [0.1, 0.15) is 13.3 Å². The SMILES string of the molecule is CC(N)CCS(=O)(=O)c1ccccc1Cl. The summed E-state index contributed by atoms with van der Waals surface area (Å²) in [6, 6.07) is 6.32. The molecular formula is C10H14ClNO2S. The van der Waals surface area contributed by atoms with Crippen LogP contribution < -0.4 is 5.73 Å². The topological polar surface area (TPSA) is 60.2 Å². The fraction of sp³-hybridized carbons (Fsp3) is 0.400. The molecule has 5 heteroatoms. The summed E-state index contributed by atoms with van der Waals surface area (Å²) in [5.74, 6) is 0.0361. The third-order valence-electron chi connectivity index (χ3n) is 2.01. The third-order valence-corrected chi connectivity index (χ3v) is 4.25. The van der Waals surface area contributed by atoms with Crippen LogP contribution in [0.15, 0.2) is 29.2 Å². The number of sulfone groups is 1. The summed E-state index contributed by atoms with van der Waals surface area (Å²) in [6.45, 7) is 1.78. The standard InChI is InChI=1S/C10H14ClNO2S/c1-8(12)6-7-15(13,14)10-5-3-2-4-9(10)11/h2-5,8H,6-7,12H2,1H3. The molecule has 0 spiro atoms. The van der Waals surface area contributed by atoms with Gasteiger partial charge in [0.25, 0.3) is 0 Å². The molecule has 0 aliphatic rings. The Balaban J connectivity index is 2.92. The predicted octanol–water partition coefficient (Wildman–Crippen LogP) is 1.85. The highest BCUT2D eigenvalue weighted by Crippen LogP contribution is 2.22. The van der Waals surface area contributed by atoms with Gasteiger partial charge in [-0.25, -0.2) is 8.42 Å². The zero-order valence-electron chi connectivity index (χ0n) is 8.48. The fourth-order valence-corrected chi connectivity index (χ4v) is 3.19. The van der Waals surface area contributed by atoms with Gasteiger partial charge >= 0.3 is 0 Å². The van der Waals surface area contributed by atoms with E-state index in [1.54, 1.807) is 25.1 Å². The molecule has 1 unspecified atom stereocenters. The Morgan fingerprint density at radius 3 is 2.53 bits per heavy atom. The first kappa shape index (κ1) is 12.5. The maximum atomic E-state index is 11.8. The van der Waals surface area contributed by atoms with Crippen molar-refractivity contribution in [2.45, 2.75) is 24.3 Å². The van der Waals surface area contributed by atoms with E-state index in [0.29, 0.717) is 6.42 Å². The number of hydrogen-bond acceptors (Lipinski definition) is 3. The van der Waals surface area contributed by atoms with Crippen molar-refractivity contribution in [3.8, 4) is 0 Å². The van der Waals surface area contributed by atoms with Crippen molar-refractivity contribution in [2.24, 2.45) is 5.73 Å². The molecular weight excluding hydrogens is 234 g/mol. The van der Waals surface area contributed by atoms with Crippen LogP contribution >= 0.6 is 11.6 Å². The monoisotopic (exact) mass is 247 g/mol. The van der Waals surface area contributed by atoms with Crippen LogP contribution in [0.25, 0.3) is 0 Å². The molecule has 0 amide bonds. The van der Waals surface area contributed by atoms with Gasteiger partial charge in [0.05, 0.1) is 15.7 Å². The molecule has 15 heavy (non-hydrogen) atoms. The second kappa shape index (κ2) is 4.96. The van der Waals surface area contributed by atoms with Gasteiger partial charge in [0.2, 0.25) is 0 Å². The average Bonchev–Trinajstić information content (AvgIpc) is 2.15. The zero-order valence-corrected chi connectivity index (χ0v) is 10.1. The lowest BCUT2D eigenvalue weighted by atomic mass is 10.3. The third kappa shape index (κ3) is 3.48. The Kier molecular flexibility index (Phi) is 4.13. The Hall–Kier alpha value is -0.580. The largest absolute Gasteiger partial charge is 0.328 e. The van der Waals surface area contributed by atoms with Gasteiger partial charge in [-0.2, -0.15) is 0 Å². The number of hydrogen-bond donors (Lipinski definition) is 1. The van der Waals surface area contributed by atoms with Gasteiger partial charge in [-0.3, -0.25) is 0 Å². The molecule has 0 fully saturated rings. The Labute approximate surface area is 95.2 Å². The van der Waals surface area contributed by atoms with Crippen molar-refractivity contribution in [1.29, 1.82) is 0 Å². The highest BCUT2D eigenvalue weighted by molar-refractivity contribution is 7.91. The minimum Gasteiger partial charge on any atom is -0.328 e. The van der Waals surface area contributed by atoms with Crippen LogP contribution in [-0.2, 0) is 9.84 Å². The fourth-order valence-electron chi connectivity index (χ4n) is 1.15. The number of nitrogens with two attached hydrogens (primary N) is 1. The molecule has 0 aliphatic carbocycles. The van der Waals surface area contributed by atoms with E-state index >= 15 is 0 Å². The molecule has 2 N–H and O–H groups in total. The second-order valence-electron chi connectivity index (χ2n) is 3.52. The first-order valence-corrected chi connectivity index (χ1v) is 6.69.